The van der Waals surface area contributed by atoms with E-state index in [-0.39, 0.29) is 12.0 Å². The number of furan rings is 1. The van der Waals surface area contributed by atoms with E-state index in [1.165, 1.54) is 18.4 Å². The molecule has 6 nitrogen and oxygen atoms in total. The SMILES string of the molecule is COC(=O)c1sc2nc(C)nc(N[C@@H](C)c3ccco3)c2c1C. The van der Waals surface area contributed by atoms with Crippen molar-refractivity contribution in [2.45, 2.75) is 26.8 Å². The number of ether oxygens (including phenoxy) is 1. The fourth-order valence-electron chi connectivity index (χ4n) is 2.45. The lowest BCUT2D eigenvalue weighted by Gasteiger charge is -2.13. The number of carbonyl (C=O) groups is 1. The smallest absolute Gasteiger partial charge is 0.348 e. The lowest BCUT2D eigenvalue weighted by molar-refractivity contribution is 0.0605. The summed E-state index contributed by atoms with van der Waals surface area (Å²) in [7, 11) is 1.38. The average molecular weight is 331 g/mol. The Bertz CT molecular complexity index is 855. The van der Waals surface area contributed by atoms with Gasteiger partial charge >= 0.3 is 5.97 Å². The summed E-state index contributed by atoms with van der Waals surface area (Å²) in [5, 5.41) is 4.20. The van der Waals surface area contributed by atoms with Crippen LogP contribution in [0.15, 0.2) is 22.8 Å². The fourth-order valence-corrected chi connectivity index (χ4v) is 3.60. The zero-order valence-electron chi connectivity index (χ0n) is 13.3. The normalized spacial score (nSPS) is 12.3. The van der Waals surface area contributed by atoms with Crippen molar-refractivity contribution in [3.8, 4) is 0 Å². The minimum atomic E-state index is -0.354. The van der Waals surface area contributed by atoms with Crippen molar-refractivity contribution in [2.75, 3.05) is 12.4 Å². The van der Waals surface area contributed by atoms with Crippen LogP contribution in [0.3, 0.4) is 0 Å². The van der Waals surface area contributed by atoms with Crippen LogP contribution in [0.1, 0.15) is 39.8 Å². The molecule has 0 aliphatic heterocycles. The summed E-state index contributed by atoms with van der Waals surface area (Å²) in [4.78, 5) is 22.2. The van der Waals surface area contributed by atoms with Crippen LogP contribution in [-0.2, 0) is 4.74 Å². The van der Waals surface area contributed by atoms with Gasteiger partial charge in [0.2, 0.25) is 0 Å². The first-order valence-corrected chi connectivity index (χ1v) is 7.99. The Hall–Kier alpha value is -2.41. The standard InChI is InChI=1S/C16H17N3O3S/c1-8-12-14(17-9(2)11-6-5-7-22-11)18-10(3)19-15(12)23-13(8)16(20)21-4/h5-7,9H,1-4H3,(H,17,18,19)/t9-/m0/s1. The van der Waals surface area contributed by atoms with Gasteiger partial charge in [-0.25, -0.2) is 14.8 Å². The lowest BCUT2D eigenvalue weighted by Crippen LogP contribution is -2.09. The van der Waals surface area contributed by atoms with Crippen LogP contribution in [0.2, 0.25) is 0 Å². The summed E-state index contributed by atoms with van der Waals surface area (Å²) in [6, 6.07) is 3.70. The van der Waals surface area contributed by atoms with Crippen LogP contribution >= 0.6 is 11.3 Å². The number of methoxy groups -OCH3 is 1. The number of rotatable bonds is 4. The van der Waals surface area contributed by atoms with Crippen molar-refractivity contribution < 1.29 is 13.9 Å². The van der Waals surface area contributed by atoms with Gasteiger partial charge in [0.05, 0.1) is 24.8 Å². The summed E-state index contributed by atoms with van der Waals surface area (Å²) < 4.78 is 10.3. The molecule has 0 fully saturated rings. The molecule has 1 N–H and O–H groups in total. The summed E-state index contributed by atoms with van der Waals surface area (Å²) in [6.07, 6.45) is 1.64. The van der Waals surface area contributed by atoms with E-state index in [1.54, 1.807) is 6.26 Å². The van der Waals surface area contributed by atoms with Gasteiger partial charge in [0, 0.05) is 0 Å². The molecule has 23 heavy (non-hydrogen) atoms. The maximum absolute atomic E-state index is 11.9. The van der Waals surface area contributed by atoms with E-state index >= 15 is 0 Å². The van der Waals surface area contributed by atoms with Crippen molar-refractivity contribution >= 4 is 33.3 Å². The Kier molecular flexibility index (Phi) is 4.04. The van der Waals surface area contributed by atoms with Gasteiger partial charge in [-0.3, -0.25) is 0 Å². The number of anilines is 1. The molecule has 3 rings (SSSR count). The molecule has 0 aliphatic rings. The maximum atomic E-state index is 11.9. The van der Waals surface area contributed by atoms with Crippen LogP contribution in [0.25, 0.3) is 10.2 Å². The molecule has 3 heterocycles. The van der Waals surface area contributed by atoms with Crippen molar-refractivity contribution in [3.05, 3.63) is 40.4 Å². The van der Waals surface area contributed by atoms with Crippen LogP contribution in [-0.4, -0.2) is 23.0 Å². The predicted octanol–water partition coefficient (Wildman–Crippen LogP) is 3.86. The highest BCUT2D eigenvalue weighted by atomic mass is 32.1. The van der Waals surface area contributed by atoms with Crippen molar-refractivity contribution in [2.24, 2.45) is 0 Å². The van der Waals surface area contributed by atoms with Crippen LogP contribution in [0.4, 0.5) is 5.82 Å². The third-order valence-corrected chi connectivity index (χ3v) is 4.76. The van der Waals surface area contributed by atoms with E-state index in [0.29, 0.717) is 16.5 Å². The number of hydrogen-bond donors (Lipinski definition) is 1. The van der Waals surface area contributed by atoms with Crippen molar-refractivity contribution in [1.82, 2.24) is 9.97 Å². The molecule has 0 bridgehead atoms. The molecule has 0 spiro atoms. The molecule has 120 valence electrons. The van der Waals surface area contributed by atoms with E-state index in [9.17, 15) is 4.79 Å². The monoisotopic (exact) mass is 331 g/mol. The molecule has 1 atom stereocenters. The predicted molar refractivity (Wildman–Crippen MR) is 89.0 cm³/mol. The van der Waals surface area contributed by atoms with E-state index in [0.717, 1.165) is 21.5 Å². The van der Waals surface area contributed by atoms with E-state index in [1.807, 2.05) is 32.9 Å². The number of esters is 1. The third kappa shape index (κ3) is 2.79. The number of hydrogen-bond acceptors (Lipinski definition) is 7. The van der Waals surface area contributed by atoms with Gasteiger partial charge in [-0.2, -0.15) is 0 Å². The number of fused-ring (bicyclic) bond motifs is 1. The zero-order valence-corrected chi connectivity index (χ0v) is 14.2. The van der Waals surface area contributed by atoms with Crippen LogP contribution in [0, 0.1) is 13.8 Å². The molecular weight excluding hydrogens is 314 g/mol. The van der Waals surface area contributed by atoms with Gasteiger partial charge < -0.3 is 14.5 Å². The maximum Gasteiger partial charge on any atom is 0.348 e. The molecule has 0 aliphatic carbocycles. The highest BCUT2D eigenvalue weighted by Crippen LogP contribution is 2.35. The Morgan fingerprint density at radius 2 is 2.17 bits per heavy atom. The van der Waals surface area contributed by atoms with Gasteiger partial charge in [0.1, 0.15) is 27.1 Å². The van der Waals surface area contributed by atoms with Gasteiger partial charge in [0.25, 0.3) is 0 Å². The van der Waals surface area contributed by atoms with E-state index in [4.69, 9.17) is 9.15 Å². The molecule has 0 unspecified atom stereocenters. The first-order chi connectivity index (χ1) is 11.0. The number of aromatic nitrogens is 2. The summed E-state index contributed by atoms with van der Waals surface area (Å²) in [5.41, 5.74) is 0.825. The molecule has 3 aromatic rings. The molecule has 7 heteroatoms. The van der Waals surface area contributed by atoms with E-state index < -0.39 is 0 Å². The number of aryl methyl sites for hydroxylation is 2. The zero-order chi connectivity index (χ0) is 16.6. The lowest BCUT2D eigenvalue weighted by atomic mass is 10.2. The molecule has 0 aromatic carbocycles. The summed E-state index contributed by atoms with van der Waals surface area (Å²) in [6.45, 7) is 5.70. The van der Waals surface area contributed by atoms with Gasteiger partial charge in [-0.1, -0.05) is 0 Å². The minimum absolute atomic E-state index is 0.0524. The highest BCUT2D eigenvalue weighted by molar-refractivity contribution is 7.20. The number of nitrogens with zero attached hydrogens (tertiary/aromatic N) is 2. The average Bonchev–Trinajstić information content (AvgIpc) is 3.14. The summed E-state index contributed by atoms with van der Waals surface area (Å²) in [5.74, 6) is 1.80. The molecule has 0 saturated carbocycles. The molecule has 0 saturated heterocycles. The van der Waals surface area contributed by atoms with Gasteiger partial charge in [-0.05, 0) is 38.5 Å². The van der Waals surface area contributed by atoms with Crippen molar-refractivity contribution in [3.63, 3.8) is 0 Å². The molecular formula is C16H17N3O3S. The Morgan fingerprint density at radius 3 is 2.83 bits per heavy atom. The fraction of sp³-hybridized carbons (Fsp3) is 0.312. The quantitative estimate of drug-likeness (QED) is 0.732. The third-order valence-electron chi connectivity index (χ3n) is 3.60. The largest absolute Gasteiger partial charge is 0.467 e. The first-order valence-electron chi connectivity index (χ1n) is 7.17. The Morgan fingerprint density at radius 1 is 1.39 bits per heavy atom. The first kappa shape index (κ1) is 15.5. The molecule has 0 amide bonds. The minimum Gasteiger partial charge on any atom is -0.467 e. The molecule has 0 radical (unpaired) electrons. The van der Waals surface area contributed by atoms with Crippen LogP contribution in [0.5, 0.6) is 0 Å². The summed E-state index contributed by atoms with van der Waals surface area (Å²) >= 11 is 1.32. The highest BCUT2D eigenvalue weighted by Gasteiger charge is 2.21. The number of thiophene rings is 1. The second-order valence-electron chi connectivity index (χ2n) is 5.23. The second-order valence-corrected chi connectivity index (χ2v) is 6.23. The number of carbonyl (C=O) groups excluding carboxylic acids is 1. The second kappa shape index (κ2) is 6.00. The molecule has 3 aromatic heterocycles. The Balaban J connectivity index is 2.09. The topological polar surface area (TPSA) is 77.2 Å². The van der Waals surface area contributed by atoms with Gasteiger partial charge in [0.15, 0.2) is 0 Å². The van der Waals surface area contributed by atoms with Crippen molar-refractivity contribution in [1.29, 1.82) is 0 Å². The Labute approximate surface area is 137 Å². The van der Waals surface area contributed by atoms with E-state index in [2.05, 4.69) is 15.3 Å². The van der Waals surface area contributed by atoms with Crippen LogP contribution < -0.4 is 5.32 Å². The number of nitrogens with one attached hydrogen (secondary N) is 1. The van der Waals surface area contributed by atoms with Gasteiger partial charge in [-0.15, -0.1) is 11.3 Å².